The van der Waals surface area contributed by atoms with Crippen molar-refractivity contribution in [2.24, 2.45) is 5.73 Å². The predicted octanol–water partition coefficient (Wildman–Crippen LogP) is 2.67. The Hall–Kier alpha value is -1.46. The minimum Gasteiger partial charge on any atom is -0.389 e. The first-order valence-corrected chi connectivity index (χ1v) is 6.04. The van der Waals surface area contributed by atoms with Gasteiger partial charge in [-0.1, -0.05) is 29.9 Å². The molecular weight excluding hydrogens is 273 g/mol. The molecule has 6 heteroatoms. The van der Waals surface area contributed by atoms with Gasteiger partial charge in [-0.2, -0.15) is 5.10 Å². The monoisotopic (exact) mass is 283 g/mol. The Kier molecular flexibility index (Phi) is 3.63. The number of aromatic nitrogens is 2. The SMILES string of the molecule is Cc1nn(Cc2ccc(F)cc2C(N)=S)cc1Cl. The van der Waals surface area contributed by atoms with Gasteiger partial charge in [0.2, 0.25) is 0 Å². The summed E-state index contributed by atoms with van der Waals surface area (Å²) in [6.07, 6.45) is 1.71. The highest BCUT2D eigenvalue weighted by molar-refractivity contribution is 7.80. The largest absolute Gasteiger partial charge is 0.389 e. The van der Waals surface area contributed by atoms with Crippen molar-refractivity contribution in [3.8, 4) is 0 Å². The van der Waals surface area contributed by atoms with Crippen molar-refractivity contribution < 1.29 is 4.39 Å². The summed E-state index contributed by atoms with van der Waals surface area (Å²) >= 11 is 10.8. The van der Waals surface area contributed by atoms with Crippen molar-refractivity contribution in [1.82, 2.24) is 9.78 Å². The number of hydrogen-bond donors (Lipinski definition) is 1. The van der Waals surface area contributed by atoms with E-state index in [0.717, 1.165) is 11.3 Å². The van der Waals surface area contributed by atoms with Crippen LogP contribution in [0.25, 0.3) is 0 Å². The molecule has 2 N–H and O–H groups in total. The first-order chi connectivity index (χ1) is 8.47. The van der Waals surface area contributed by atoms with E-state index >= 15 is 0 Å². The summed E-state index contributed by atoms with van der Waals surface area (Å²) in [5.41, 5.74) is 7.66. The Morgan fingerprint density at radius 2 is 2.28 bits per heavy atom. The number of thiocarbonyl (C=S) groups is 1. The summed E-state index contributed by atoms with van der Waals surface area (Å²) in [5.74, 6) is -0.365. The van der Waals surface area contributed by atoms with Gasteiger partial charge in [0, 0.05) is 11.8 Å². The topological polar surface area (TPSA) is 43.8 Å². The quantitative estimate of drug-likeness (QED) is 0.881. The number of nitrogens with zero attached hydrogens (tertiary/aromatic N) is 2. The summed E-state index contributed by atoms with van der Waals surface area (Å²) in [5, 5.41) is 4.83. The number of halogens is 2. The highest BCUT2D eigenvalue weighted by Crippen LogP contribution is 2.16. The molecule has 2 aromatic rings. The first-order valence-electron chi connectivity index (χ1n) is 5.25. The van der Waals surface area contributed by atoms with Crippen LogP contribution in [-0.2, 0) is 6.54 Å². The maximum atomic E-state index is 13.2. The number of benzene rings is 1. The molecule has 0 bridgehead atoms. The second-order valence-corrected chi connectivity index (χ2v) is 4.77. The van der Waals surface area contributed by atoms with Gasteiger partial charge in [-0.15, -0.1) is 0 Å². The summed E-state index contributed by atoms with van der Waals surface area (Å²) in [6.45, 7) is 2.26. The molecule has 0 unspecified atom stereocenters. The predicted molar refractivity (Wildman–Crippen MR) is 73.4 cm³/mol. The van der Waals surface area contributed by atoms with Gasteiger partial charge >= 0.3 is 0 Å². The summed E-state index contributed by atoms with van der Waals surface area (Å²) < 4.78 is 14.8. The van der Waals surface area contributed by atoms with E-state index in [1.165, 1.54) is 12.1 Å². The maximum Gasteiger partial charge on any atom is 0.123 e. The normalized spacial score (nSPS) is 10.6. The van der Waals surface area contributed by atoms with Gasteiger partial charge in [0.25, 0.3) is 0 Å². The molecule has 0 saturated heterocycles. The van der Waals surface area contributed by atoms with Gasteiger partial charge in [-0.25, -0.2) is 4.39 Å². The van der Waals surface area contributed by atoms with Crippen LogP contribution in [0.15, 0.2) is 24.4 Å². The van der Waals surface area contributed by atoms with Gasteiger partial charge in [0.1, 0.15) is 10.8 Å². The van der Waals surface area contributed by atoms with Crippen LogP contribution >= 0.6 is 23.8 Å². The summed E-state index contributed by atoms with van der Waals surface area (Å²) in [7, 11) is 0. The number of nitrogens with two attached hydrogens (primary N) is 1. The molecule has 0 amide bonds. The van der Waals surface area contributed by atoms with Gasteiger partial charge in [0.05, 0.1) is 17.3 Å². The average molecular weight is 284 g/mol. The fourth-order valence-electron chi connectivity index (χ4n) is 1.67. The molecule has 0 spiro atoms. The van der Waals surface area contributed by atoms with E-state index in [-0.39, 0.29) is 10.8 Å². The third kappa shape index (κ3) is 2.68. The Bertz CT molecular complexity index is 590. The van der Waals surface area contributed by atoms with Crippen molar-refractivity contribution in [2.45, 2.75) is 13.5 Å². The van der Waals surface area contributed by atoms with Crippen molar-refractivity contribution in [1.29, 1.82) is 0 Å². The molecule has 0 saturated carbocycles. The first kappa shape index (κ1) is 13.0. The van der Waals surface area contributed by atoms with Crippen LogP contribution in [0, 0.1) is 12.7 Å². The zero-order valence-corrected chi connectivity index (χ0v) is 11.2. The van der Waals surface area contributed by atoms with Crippen LogP contribution in [0.3, 0.4) is 0 Å². The minimum atomic E-state index is -0.365. The molecule has 0 fully saturated rings. The molecule has 1 aromatic carbocycles. The van der Waals surface area contributed by atoms with E-state index in [9.17, 15) is 4.39 Å². The van der Waals surface area contributed by atoms with Crippen LogP contribution in [0.5, 0.6) is 0 Å². The van der Waals surface area contributed by atoms with E-state index in [1.807, 2.05) is 6.92 Å². The molecule has 0 aliphatic heterocycles. The van der Waals surface area contributed by atoms with E-state index in [4.69, 9.17) is 29.6 Å². The van der Waals surface area contributed by atoms with Gasteiger partial charge in [0.15, 0.2) is 0 Å². The highest BCUT2D eigenvalue weighted by atomic mass is 35.5. The molecule has 0 aliphatic rings. The Morgan fingerprint density at radius 3 is 2.83 bits per heavy atom. The molecule has 1 aromatic heterocycles. The molecule has 94 valence electrons. The molecule has 0 atom stereocenters. The number of hydrogen-bond acceptors (Lipinski definition) is 2. The smallest absolute Gasteiger partial charge is 0.123 e. The van der Waals surface area contributed by atoms with Crippen molar-refractivity contribution in [3.05, 3.63) is 52.1 Å². The van der Waals surface area contributed by atoms with E-state index in [1.54, 1.807) is 16.9 Å². The maximum absolute atomic E-state index is 13.2. The zero-order chi connectivity index (χ0) is 13.3. The van der Waals surface area contributed by atoms with Crippen LogP contribution in [0.1, 0.15) is 16.8 Å². The lowest BCUT2D eigenvalue weighted by Gasteiger charge is -2.08. The third-order valence-electron chi connectivity index (χ3n) is 2.56. The third-order valence-corrected chi connectivity index (χ3v) is 3.15. The van der Waals surface area contributed by atoms with Crippen LogP contribution in [0.4, 0.5) is 4.39 Å². The summed E-state index contributed by atoms with van der Waals surface area (Å²) in [6, 6.07) is 4.35. The van der Waals surface area contributed by atoms with E-state index in [0.29, 0.717) is 17.1 Å². The van der Waals surface area contributed by atoms with Crippen molar-refractivity contribution in [3.63, 3.8) is 0 Å². The average Bonchev–Trinajstić information content (AvgIpc) is 2.60. The number of aryl methyl sites for hydroxylation is 1. The lowest BCUT2D eigenvalue weighted by molar-refractivity contribution is 0.623. The molecule has 1 heterocycles. The zero-order valence-electron chi connectivity index (χ0n) is 9.65. The number of rotatable bonds is 3. The fourth-order valence-corrected chi connectivity index (χ4v) is 2.01. The van der Waals surface area contributed by atoms with Gasteiger partial charge in [-0.05, 0) is 24.6 Å². The Morgan fingerprint density at radius 1 is 1.56 bits per heavy atom. The highest BCUT2D eigenvalue weighted by Gasteiger charge is 2.09. The van der Waals surface area contributed by atoms with Gasteiger partial charge < -0.3 is 5.73 Å². The molecule has 0 radical (unpaired) electrons. The van der Waals surface area contributed by atoms with E-state index in [2.05, 4.69) is 5.10 Å². The summed E-state index contributed by atoms with van der Waals surface area (Å²) in [4.78, 5) is 0.166. The fraction of sp³-hybridized carbons (Fsp3) is 0.167. The minimum absolute atomic E-state index is 0.166. The molecule has 18 heavy (non-hydrogen) atoms. The Labute approximate surface area is 114 Å². The van der Waals surface area contributed by atoms with Crippen molar-refractivity contribution in [2.75, 3.05) is 0 Å². The lowest BCUT2D eigenvalue weighted by atomic mass is 10.1. The molecule has 3 nitrogen and oxygen atoms in total. The standard InChI is InChI=1S/C12H11ClFN3S/c1-7-11(13)6-17(16-7)5-8-2-3-9(14)4-10(8)12(15)18/h2-4,6H,5H2,1H3,(H2,15,18). The molecular formula is C12H11ClFN3S. The second-order valence-electron chi connectivity index (χ2n) is 3.93. The van der Waals surface area contributed by atoms with Crippen LogP contribution in [0.2, 0.25) is 5.02 Å². The van der Waals surface area contributed by atoms with Crippen LogP contribution < -0.4 is 5.73 Å². The lowest BCUT2D eigenvalue weighted by Crippen LogP contribution is -2.14. The van der Waals surface area contributed by atoms with E-state index < -0.39 is 0 Å². The Balaban J connectivity index is 2.36. The molecule has 0 aliphatic carbocycles. The van der Waals surface area contributed by atoms with Crippen LogP contribution in [-0.4, -0.2) is 14.8 Å². The molecule has 2 rings (SSSR count). The van der Waals surface area contributed by atoms with Crippen molar-refractivity contribution >= 4 is 28.8 Å². The second kappa shape index (κ2) is 5.04. The van der Waals surface area contributed by atoms with Gasteiger partial charge in [-0.3, -0.25) is 4.68 Å².